The minimum absolute atomic E-state index is 0.0134. The minimum Gasteiger partial charge on any atom is -0.358 e. The molecule has 0 heterocycles. The van der Waals surface area contributed by atoms with Crippen LogP contribution in [0.3, 0.4) is 0 Å². The van der Waals surface area contributed by atoms with Gasteiger partial charge in [-0.25, -0.2) is 0 Å². The van der Waals surface area contributed by atoms with Gasteiger partial charge in [-0.2, -0.15) is 5.26 Å². The number of nitriles is 1. The molecule has 0 aromatic heterocycles. The van der Waals surface area contributed by atoms with Gasteiger partial charge in [0.15, 0.2) is 0 Å². The maximum atomic E-state index is 10.8. The molecule has 0 aromatic rings. The zero-order valence-electron chi connectivity index (χ0n) is 7.39. The monoisotopic (exact) mass is 184 g/mol. The SMILES string of the molecule is CNC(=O)CNCC(=O)NCC#N. The number of rotatable bonds is 5. The molecule has 0 unspecified atom stereocenters. The van der Waals surface area contributed by atoms with Crippen molar-refractivity contribution in [2.45, 2.75) is 0 Å². The second-order valence-corrected chi connectivity index (χ2v) is 2.21. The fourth-order valence-electron chi connectivity index (χ4n) is 0.579. The number of carbonyl (C=O) groups is 2. The summed E-state index contributed by atoms with van der Waals surface area (Å²) in [5.74, 6) is -0.487. The van der Waals surface area contributed by atoms with E-state index in [0.29, 0.717) is 0 Å². The highest BCUT2D eigenvalue weighted by molar-refractivity contribution is 5.80. The van der Waals surface area contributed by atoms with Gasteiger partial charge in [0.25, 0.3) is 0 Å². The zero-order valence-corrected chi connectivity index (χ0v) is 7.39. The van der Waals surface area contributed by atoms with E-state index in [1.807, 2.05) is 0 Å². The molecule has 0 aliphatic heterocycles. The first kappa shape index (κ1) is 11.4. The summed E-state index contributed by atoms with van der Waals surface area (Å²) in [5, 5.41) is 15.5. The van der Waals surface area contributed by atoms with Gasteiger partial charge in [-0.1, -0.05) is 0 Å². The lowest BCUT2D eigenvalue weighted by Crippen LogP contribution is -2.38. The van der Waals surface area contributed by atoms with E-state index in [1.54, 1.807) is 6.07 Å². The van der Waals surface area contributed by atoms with E-state index in [2.05, 4.69) is 16.0 Å². The van der Waals surface area contributed by atoms with Crippen molar-refractivity contribution in [2.75, 3.05) is 26.7 Å². The van der Waals surface area contributed by atoms with Crippen molar-refractivity contribution in [2.24, 2.45) is 0 Å². The number of carbonyl (C=O) groups excluding carboxylic acids is 2. The van der Waals surface area contributed by atoms with Crippen molar-refractivity contribution in [3.63, 3.8) is 0 Å². The molecule has 0 spiro atoms. The topological polar surface area (TPSA) is 94.0 Å². The molecule has 0 aliphatic carbocycles. The molecule has 3 N–H and O–H groups in total. The molecule has 0 aliphatic rings. The summed E-state index contributed by atoms with van der Waals surface area (Å²) in [6, 6.07) is 1.77. The molecule has 0 atom stereocenters. The van der Waals surface area contributed by atoms with E-state index in [0.717, 1.165) is 0 Å². The van der Waals surface area contributed by atoms with Crippen LogP contribution in [0.15, 0.2) is 0 Å². The standard InChI is InChI=1S/C7H12N4O2/c1-9-6(12)4-10-5-7(13)11-3-2-8/h10H,3-5H2,1H3,(H,9,12)(H,11,13). The fourth-order valence-corrected chi connectivity index (χ4v) is 0.579. The number of likely N-dealkylation sites (N-methyl/N-ethyl adjacent to an activating group) is 1. The molecule has 0 radical (unpaired) electrons. The Morgan fingerprint density at radius 2 is 1.92 bits per heavy atom. The molecule has 0 bridgehead atoms. The largest absolute Gasteiger partial charge is 0.358 e. The van der Waals surface area contributed by atoms with E-state index < -0.39 is 0 Å². The minimum atomic E-state index is -0.301. The van der Waals surface area contributed by atoms with Crippen LogP contribution < -0.4 is 16.0 Å². The van der Waals surface area contributed by atoms with Crippen LogP contribution in [0, 0.1) is 11.3 Å². The maximum Gasteiger partial charge on any atom is 0.234 e. The number of nitrogens with zero attached hydrogens (tertiary/aromatic N) is 1. The van der Waals surface area contributed by atoms with Crippen molar-refractivity contribution in [1.29, 1.82) is 5.26 Å². The van der Waals surface area contributed by atoms with Crippen molar-refractivity contribution in [3.8, 4) is 6.07 Å². The summed E-state index contributed by atoms with van der Waals surface area (Å²) in [6.07, 6.45) is 0. The van der Waals surface area contributed by atoms with Crippen LogP contribution in [-0.4, -0.2) is 38.5 Å². The second-order valence-electron chi connectivity index (χ2n) is 2.21. The van der Waals surface area contributed by atoms with Crippen molar-refractivity contribution < 1.29 is 9.59 Å². The first-order valence-corrected chi connectivity index (χ1v) is 3.75. The predicted octanol–water partition coefficient (Wildman–Crippen LogP) is -2.04. The summed E-state index contributed by atoms with van der Waals surface area (Å²) >= 11 is 0. The molecular weight excluding hydrogens is 172 g/mol. The van der Waals surface area contributed by atoms with E-state index in [-0.39, 0.29) is 31.4 Å². The average Bonchev–Trinajstić information content (AvgIpc) is 2.14. The van der Waals surface area contributed by atoms with Gasteiger partial charge < -0.3 is 10.6 Å². The summed E-state index contributed by atoms with van der Waals surface area (Å²) in [7, 11) is 1.51. The smallest absolute Gasteiger partial charge is 0.234 e. The Balaban J connectivity index is 3.38. The molecule has 0 saturated carbocycles. The Morgan fingerprint density at radius 1 is 1.31 bits per heavy atom. The van der Waals surface area contributed by atoms with Gasteiger partial charge in [-0.15, -0.1) is 0 Å². The van der Waals surface area contributed by atoms with E-state index >= 15 is 0 Å². The van der Waals surface area contributed by atoms with E-state index in [4.69, 9.17) is 5.26 Å². The predicted molar refractivity (Wildman–Crippen MR) is 45.6 cm³/mol. The Labute approximate surface area is 76.3 Å². The molecule has 6 heteroatoms. The lowest BCUT2D eigenvalue weighted by molar-refractivity contribution is -0.121. The van der Waals surface area contributed by atoms with Crippen LogP contribution in [-0.2, 0) is 9.59 Å². The molecule has 13 heavy (non-hydrogen) atoms. The van der Waals surface area contributed by atoms with Crippen molar-refractivity contribution >= 4 is 11.8 Å². The Kier molecular flexibility index (Phi) is 6.19. The van der Waals surface area contributed by atoms with Crippen molar-refractivity contribution in [3.05, 3.63) is 0 Å². The maximum absolute atomic E-state index is 10.8. The van der Waals surface area contributed by atoms with Gasteiger partial charge in [0.1, 0.15) is 6.54 Å². The van der Waals surface area contributed by atoms with Crippen LogP contribution in [0.2, 0.25) is 0 Å². The molecule has 0 rings (SSSR count). The number of amides is 2. The molecule has 0 aromatic carbocycles. The second kappa shape index (κ2) is 7.06. The quantitative estimate of drug-likeness (QED) is 0.429. The third-order valence-corrected chi connectivity index (χ3v) is 1.21. The molecule has 6 nitrogen and oxygen atoms in total. The van der Waals surface area contributed by atoms with Gasteiger partial charge in [-0.3, -0.25) is 14.9 Å². The van der Waals surface area contributed by atoms with Crippen molar-refractivity contribution in [1.82, 2.24) is 16.0 Å². The summed E-state index contributed by atoms with van der Waals surface area (Å²) in [4.78, 5) is 21.5. The third-order valence-electron chi connectivity index (χ3n) is 1.21. The first-order valence-electron chi connectivity index (χ1n) is 3.75. The van der Waals surface area contributed by atoms with Crippen LogP contribution in [0.25, 0.3) is 0 Å². The average molecular weight is 184 g/mol. The normalized spacial score (nSPS) is 8.62. The lowest BCUT2D eigenvalue weighted by Gasteiger charge is -2.02. The molecule has 0 saturated heterocycles. The van der Waals surface area contributed by atoms with Crippen LogP contribution in [0.1, 0.15) is 0 Å². The number of hydrogen-bond acceptors (Lipinski definition) is 4. The molecule has 0 fully saturated rings. The summed E-state index contributed by atoms with van der Waals surface area (Å²) < 4.78 is 0. The number of nitrogens with one attached hydrogen (secondary N) is 3. The summed E-state index contributed by atoms with van der Waals surface area (Å²) in [6.45, 7) is 0.117. The Hall–Kier alpha value is -1.61. The zero-order chi connectivity index (χ0) is 10.1. The van der Waals surface area contributed by atoms with Gasteiger partial charge in [0, 0.05) is 7.05 Å². The summed E-state index contributed by atoms with van der Waals surface area (Å²) in [5.41, 5.74) is 0. The van der Waals surface area contributed by atoms with Crippen LogP contribution >= 0.6 is 0 Å². The van der Waals surface area contributed by atoms with Gasteiger partial charge in [-0.05, 0) is 0 Å². The number of hydrogen-bond donors (Lipinski definition) is 3. The highest BCUT2D eigenvalue weighted by atomic mass is 16.2. The molecular formula is C7H12N4O2. The van der Waals surface area contributed by atoms with Gasteiger partial charge in [0.2, 0.25) is 11.8 Å². The van der Waals surface area contributed by atoms with Crippen LogP contribution in [0.4, 0.5) is 0 Å². The van der Waals surface area contributed by atoms with Gasteiger partial charge >= 0.3 is 0 Å². The van der Waals surface area contributed by atoms with E-state index in [1.165, 1.54) is 7.05 Å². The fraction of sp³-hybridized carbons (Fsp3) is 0.571. The van der Waals surface area contributed by atoms with Crippen LogP contribution in [0.5, 0.6) is 0 Å². The van der Waals surface area contributed by atoms with Gasteiger partial charge in [0.05, 0.1) is 19.2 Å². The Morgan fingerprint density at radius 3 is 2.46 bits per heavy atom. The molecule has 2 amide bonds. The molecule has 72 valence electrons. The Bertz CT molecular complexity index is 221. The third kappa shape index (κ3) is 6.77. The first-order chi connectivity index (χ1) is 6.20. The van der Waals surface area contributed by atoms with E-state index in [9.17, 15) is 9.59 Å². The highest BCUT2D eigenvalue weighted by Gasteiger charge is 2.00. The highest BCUT2D eigenvalue weighted by Crippen LogP contribution is 1.65. The lowest BCUT2D eigenvalue weighted by atomic mass is 10.5.